The maximum Gasteiger partial charge on any atom is 0.161 e. The van der Waals surface area contributed by atoms with E-state index in [2.05, 4.69) is 18.3 Å². The van der Waals surface area contributed by atoms with Crippen molar-refractivity contribution in [2.24, 2.45) is 5.73 Å². The summed E-state index contributed by atoms with van der Waals surface area (Å²) in [6.07, 6.45) is 3.27. The molecule has 0 saturated carbocycles. The molecular weight excluding hydrogens is 240 g/mol. The van der Waals surface area contributed by atoms with E-state index in [9.17, 15) is 0 Å². The van der Waals surface area contributed by atoms with Crippen LogP contribution in [0.2, 0.25) is 0 Å². The van der Waals surface area contributed by atoms with Gasteiger partial charge in [0.1, 0.15) is 13.2 Å². The van der Waals surface area contributed by atoms with Gasteiger partial charge >= 0.3 is 0 Å². The summed E-state index contributed by atoms with van der Waals surface area (Å²) in [6.45, 7) is 5.35. The lowest BCUT2D eigenvalue weighted by atomic mass is 10.1. The first-order valence-corrected chi connectivity index (χ1v) is 7.14. The highest BCUT2D eigenvalue weighted by molar-refractivity contribution is 5.44. The van der Waals surface area contributed by atoms with Crippen LogP contribution in [0.15, 0.2) is 18.2 Å². The van der Waals surface area contributed by atoms with E-state index >= 15 is 0 Å². The molecule has 2 rings (SSSR count). The number of benzene rings is 1. The van der Waals surface area contributed by atoms with Gasteiger partial charge in [-0.05, 0) is 37.1 Å². The summed E-state index contributed by atoms with van der Waals surface area (Å²) in [5.74, 6) is 1.68. The SMILES string of the molecule is CCCCNC[C@@H](N)Cc1ccc2c(c1)OCCO2. The van der Waals surface area contributed by atoms with E-state index in [-0.39, 0.29) is 6.04 Å². The molecule has 0 amide bonds. The van der Waals surface area contributed by atoms with E-state index in [4.69, 9.17) is 15.2 Å². The Kier molecular flexibility index (Phi) is 5.48. The Hall–Kier alpha value is -1.26. The average molecular weight is 264 g/mol. The molecule has 1 aliphatic heterocycles. The van der Waals surface area contributed by atoms with Crippen LogP contribution in [0, 0.1) is 0 Å². The molecule has 1 aromatic carbocycles. The van der Waals surface area contributed by atoms with Crippen LogP contribution in [0.4, 0.5) is 0 Å². The molecule has 19 heavy (non-hydrogen) atoms. The van der Waals surface area contributed by atoms with E-state index in [0.717, 1.165) is 31.0 Å². The van der Waals surface area contributed by atoms with Gasteiger partial charge in [0.15, 0.2) is 11.5 Å². The molecule has 4 nitrogen and oxygen atoms in total. The quantitative estimate of drug-likeness (QED) is 0.736. The number of nitrogens with one attached hydrogen (secondary N) is 1. The standard InChI is InChI=1S/C15H24N2O2/c1-2-3-6-17-11-13(16)9-12-4-5-14-15(10-12)19-8-7-18-14/h4-5,10,13,17H,2-3,6-9,11,16H2,1H3/t13-/m0/s1. The molecular formula is C15H24N2O2. The second-order valence-electron chi connectivity index (χ2n) is 5.00. The summed E-state index contributed by atoms with van der Waals surface area (Å²) < 4.78 is 11.1. The minimum Gasteiger partial charge on any atom is -0.486 e. The van der Waals surface area contributed by atoms with Gasteiger partial charge in [-0.3, -0.25) is 0 Å². The second-order valence-corrected chi connectivity index (χ2v) is 5.00. The van der Waals surface area contributed by atoms with Crippen molar-refractivity contribution in [2.45, 2.75) is 32.2 Å². The fourth-order valence-corrected chi connectivity index (χ4v) is 2.18. The zero-order valence-corrected chi connectivity index (χ0v) is 11.7. The van der Waals surface area contributed by atoms with Crippen LogP contribution in [0.3, 0.4) is 0 Å². The van der Waals surface area contributed by atoms with Crippen molar-refractivity contribution in [2.75, 3.05) is 26.3 Å². The van der Waals surface area contributed by atoms with Crippen LogP contribution in [-0.4, -0.2) is 32.3 Å². The minimum atomic E-state index is 0.138. The first-order chi connectivity index (χ1) is 9.29. The summed E-state index contributed by atoms with van der Waals surface area (Å²) in [4.78, 5) is 0. The van der Waals surface area contributed by atoms with Gasteiger partial charge in [-0.25, -0.2) is 0 Å². The average Bonchev–Trinajstić information content (AvgIpc) is 2.43. The van der Waals surface area contributed by atoms with Crippen molar-refractivity contribution in [1.82, 2.24) is 5.32 Å². The molecule has 0 bridgehead atoms. The Morgan fingerprint density at radius 2 is 2.05 bits per heavy atom. The van der Waals surface area contributed by atoms with Crippen LogP contribution in [-0.2, 0) is 6.42 Å². The Morgan fingerprint density at radius 3 is 2.84 bits per heavy atom. The van der Waals surface area contributed by atoms with Gasteiger partial charge in [0, 0.05) is 12.6 Å². The zero-order valence-electron chi connectivity index (χ0n) is 11.7. The molecule has 0 saturated heterocycles. The lowest BCUT2D eigenvalue weighted by molar-refractivity contribution is 0.171. The van der Waals surface area contributed by atoms with Gasteiger partial charge in [-0.15, -0.1) is 0 Å². The van der Waals surface area contributed by atoms with E-state index in [1.54, 1.807) is 0 Å². The maximum atomic E-state index is 6.13. The third kappa shape index (κ3) is 4.40. The van der Waals surface area contributed by atoms with Gasteiger partial charge in [-0.2, -0.15) is 0 Å². The highest BCUT2D eigenvalue weighted by atomic mass is 16.6. The maximum absolute atomic E-state index is 6.13. The summed E-state index contributed by atoms with van der Waals surface area (Å²) in [7, 11) is 0. The van der Waals surface area contributed by atoms with Crippen molar-refractivity contribution in [3.63, 3.8) is 0 Å². The Balaban J connectivity index is 1.81. The number of rotatable bonds is 7. The largest absolute Gasteiger partial charge is 0.486 e. The number of nitrogens with two attached hydrogens (primary N) is 1. The first kappa shape index (κ1) is 14.2. The summed E-state index contributed by atoms with van der Waals surface area (Å²) in [6, 6.07) is 6.22. The second kappa shape index (κ2) is 7.36. The Morgan fingerprint density at radius 1 is 1.26 bits per heavy atom. The highest BCUT2D eigenvalue weighted by Crippen LogP contribution is 2.30. The van der Waals surface area contributed by atoms with Crippen molar-refractivity contribution < 1.29 is 9.47 Å². The summed E-state index contributed by atoms with van der Waals surface area (Å²) >= 11 is 0. The topological polar surface area (TPSA) is 56.5 Å². The minimum absolute atomic E-state index is 0.138. The van der Waals surface area contributed by atoms with Crippen molar-refractivity contribution in [1.29, 1.82) is 0 Å². The first-order valence-electron chi connectivity index (χ1n) is 7.14. The third-order valence-corrected chi connectivity index (χ3v) is 3.22. The number of hydrogen-bond acceptors (Lipinski definition) is 4. The number of hydrogen-bond donors (Lipinski definition) is 2. The van der Waals surface area contributed by atoms with Crippen molar-refractivity contribution >= 4 is 0 Å². The fourth-order valence-electron chi connectivity index (χ4n) is 2.18. The van der Waals surface area contributed by atoms with E-state index in [0.29, 0.717) is 13.2 Å². The lowest BCUT2D eigenvalue weighted by Gasteiger charge is -2.19. The lowest BCUT2D eigenvalue weighted by Crippen LogP contribution is -2.36. The fraction of sp³-hybridized carbons (Fsp3) is 0.600. The van der Waals surface area contributed by atoms with Crippen molar-refractivity contribution in [3.05, 3.63) is 23.8 Å². The van der Waals surface area contributed by atoms with Gasteiger partial charge in [0.2, 0.25) is 0 Å². The molecule has 3 N–H and O–H groups in total. The Labute approximate surface area is 115 Å². The molecule has 0 radical (unpaired) electrons. The number of unbranched alkanes of at least 4 members (excludes halogenated alkanes) is 1. The third-order valence-electron chi connectivity index (χ3n) is 3.22. The molecule has 0 fully saturated rings. The van der Waals surface area contributed by atoms with E-state index in [1.165, 1.54) is 18.4 Å². The van der Waals surface area contributed by atoms with Crippen LogP contribution in [0.5, 0.6) is 11.5 Å². The molecule has 0 unspecified atom stereocenters. The van der Waals surface area contributed by atoms with Crippen LogP contribution < -0.4 is 20.5 Å². The smallest absolute Gasteiger partial charge is 0.161 e. The van der Waals surface area contributed by atoms with E-state index < -0.39 is 0 Å². The summed E-state index contributed by atoms with van der Waals surface area (Å²) in [5.41, 5.74) is 7.33. The molecule has 4 heteroatoms. The number of ether oxygens (including phenoxy) is 2. The molecule has 1 aromatic rings. The zero-order chi connectivity index (χ0) is 13.5. The Bertz CT molecular complexity index is 396. The van der Waals surface area contributed by atoms with Gasteiger partial charge in [0.05, 0.1) is 0 Å². The number of fused-ring (bicyclic) bond motifs is 1. The molecule has 1 heterocycles. The molecule has 0 aromatic heterocycles. The van der Waals surface area contributed by atoms with Crippen LogP contribution in [0.25, 0.3) is 0 Å². The molecule has 1 aliphatic rings. The molecule has 1 atom stereocenters. The van der Waals surface area contributed by atoms with Crippen molar-refractivity contribution in [3.8, 4) is 11.5 Å². The molecule has 0 spiro atoms. The predicted octanol–water partition coefficient (Wildman–Crippen LogP) is 1.72. The van der Waals surface area contributed by atoms with Crippen LogP contribution >= 0.6 is 0 Å². The van der Waals surface area contributed by atoms with Gasteiger partial charge in [0.25, 0.3) is 0 Å². The van der Waals surface area contributed by atoms with Crippen LogP contribution in [0.1, 0.15) is 25.3 Å². The normalized spacial score (nSPS) is 15.3. The predicted molar refractivity (Wildman–Crippen MR) is 76.9 cm³/mol. The van der Waals surface area contributed by atoms with Gasteiger partial charge < -0.3 is 20.5 Å². The molecule has 106 valence electrons. The monoisotopic (exact) mass is 264 g/mol. The molecule has 0 aliphatic carbocycles. The summed E-state index contributed by atoms with van der Waals surface area (Å²) in [5, 5.41) is 3.39. The van der Waals surface area contributed by atoms with E-state index in [1.807, 2.05) is 12.1 Å². The van der Waals surface area contributed by atoms with Gasteiger partial charge in [-0.1, -0.05) is 19.4 Å². The highest BCUT2D eigenvalue weighted by Gasteiger charge is 2.12.